The third-order valence-corrected chi connectivity index (χ3v) is 3.25. The number of benzene rings is 1. The lowest BCUT2D eigenvalue weighted by atomic mass is 10.2. The van der Waals surface area contributed by atoms with Crippen LogP contribution in [0.4, 0.5) is 0 Å². The van der Waals surface area contributed by atoms with E-state index in [-0.39, 0.29) is 0 Å². The second kappa shape index (κ2) is 7.75. The van der Waals surface area contributed by atoms with Crippen molar-refractivity contribution >= 4 is 11.6 Å². The minimum atomic E-state index is 0.346. The number of nitrogens with zero attached hydrogens (tertiary/aromatic N) is 2. The fraction of sp³-hybridized carbons (Fsp3) is 0.353. The number of alkyl halides is 1. The first-order valence-electron chi connectivity index (χ1n) is 7.10. The van der Waals surface area contributed by atoms with Crippen LogP contribution in [-0.2, 0) is 19.6 Å². The maximum Gasteiger partial charge on any atom is 0.130 e. The van der Waals surface area contributed by atoms with Crippen LogP contribution in [0.5, 0.6) is 5.75 Å². The highest BCUT2D eigenvalue weighted by atomic mass is 35.5. The van der Waals surface area contributed by atoms with Gasteiger partial charge in [0.15, 0.2) is 0 Å². The number of aromatic nitrogens is 2. The van der Waals surface area contributed by atoms with Crippen LogP contribution in [0.3, 0.4) is 0 Å². The molecule has 0 fully saturated rings. The lowest BCUT2D eigenvalue weighted by Crippen LogP contribution is -2.06. The van der Waals surface area contributed by atoms with Gasteiger partial charge in [0.05, 0.1) is 17.3 Å². The Morgan fingerprint density at radius 1 is 1.24 bits per heavy atom. The highest BCUT2D eigenvalue weighted by Gasteiger charge is 2.06. The van der Waals surface area contributed by atoms with Crippen molar-refractivity contribution in [3.05, 3.63) is 47.3 Å². The van der Waals surface area contributed by atoms with E-state index >= 15 is 0 Å². The minimum absolute atomic E-state index is 0.346. The Labute approximate surface area is 130 Å². The molecule has 0 unspecified atom stereocenters. The van der Waals surface area contributed by atoms with Crippen LogP contribution in [0, 0.1) is 11.8 Å². The smallest absolute Gasteiger partial charge is 0.130 e. The average molecular weight is 303 g/mol. The number of halogens is 1. The van der Waals surface area contributed by atoms with E-state index in [1.807, 2.05) is 28.9 Å². The summed E-state index contributed by atoms with van der Waals surface area (Å²) in [6.45, 7) is 5.56. The fourth-order valence-electron chi connectivity index (χ4n) is 2.00. The molecule has 0 N–H and O–H groups in total. The number of aryl methyl sites for hydroxylation is 2. The van der Waals surface area contributed by atoms with Gasteiger partial charge in [0, 0.05) is 12.1 Å². The average Bonchev–Trinajstić information content (AvgIpc) is 2.94. The van der Waals surface area contributed by atoms with Gasteiger partial charge in [0.1, 0.15) is 12.4 Å². The van der Waals surface area contributed by atoms with Crippen molar-refractivity contribution in [2.45, 2.75) is 33.4 Å². The van der Waals surface area contributed by atoms with Crippen LogP contribution in [0.25, 0.3) is 0 Å². The van der Waals surface area contributed by atoms with Gasteiger partial charge in [0.2, 0.25) is 0 Å². The zero-order chi connectivity index (χ0) is 15.1. The van der Waals surface area contributed by atoms with Crippen LogP contribution < -0.4 is 4.74 Å². The van der Waals surface area contributed by atoms with Gasteiger partial charge in [-0.05, 0) is 43.7 Å². The van der Waals surface area contributed by atoms with Gasteiger partial charge in [-0.2, -0.15) is 5.10 Å². The SMILES string of the molecule is CCc1cc(COc2ccc(C#CCCl)cc2)n(CC)n1. The summed E-state index contributed by atoms with van der Waals surface area (Å²) in [6, 6.07) is 9.81. The predicted molar refractivity (Wildman–Crippen MR) is 85.7 cm³/mol. The summed E-state index contributed by atoms with van der Waals surface area (Å²) < 4.78 is 7.80. The Kier molecular flexibility index (Phi) is 5.71. The van der Waals surface area contributed by atoms with Gasteiger partial charge in [-0.15, -0.1) is 11.6 Å². The number of hydrogen-bond donors (Lipinski definition) is 0. The Morgan fingerprint density at radius 2 is 2.00 bits per heavy atom. The fourth-order valence-corrected chi connectivity index (χ4v) is 2.07. The molecule has 0 radical (unpaired) electrons. The van der Waals surface area contributed by atoms with E-state index in [4.69, 9.17) is 16.3 Å². The molecule has 0 aliphatic heterocycles. The lowest BCUT2D eigenvalue weighted by molar-refractivity contribution is 0.292. The van der Waals surface area contributed by atoms with Gasteiger partial charge in [-0.1, -0.05) is 18.8 Å². The third-order valence-electron chi connectivity index (χ3n) is 3.12. The topological polar surface area (TPSA) is 27.1 Å². The quantitative estimate of drug-likeness (QED) is 0.623. The highest BCUT2D eigenvalue weighted by Crippen LogP contribution is 2.15. The van der Waals surface area contributed by atoms with Gasteiger partial charge < -0.3 is 4.74 Å². The van der Waals surface area contributed by atoms with Crippen LogP contribution in [0.1, 0.15) is 30.8 Å². The van der Waals surface area contributed by atoms with E-state index in [1.54, 1.807) is 0 Å². The number of rotatable bonds is 5. The second-order valence-corrected chi connectivity index (χ2v) is 4.81. The predicted octanol–water partition coefficient (Wildman–Crippen LogP) is 3.63. The van der Waals surface area contributed by atoms with Crippen molar-refractivity contribution < 1.29 is 4.74 Å². The third kappa shape index (κ3) is 4.27. The zero-order valence-corrected chi connectivity index (χ0v) is 13.2. The van der Waals surface area contributed by atoms with Crippen molar-refractivity contribution in [2.24, 2.45) is 0 Å². The molecule has 0 saturated heterocycles. The largest absolute Gasteiger partial charge is 0.487 e. The second-order valence-electron chi connectivity index (χ2n) is 4.54. The summed E-state index contributed by atoms with van der Waals surface area (Å²) in [6.07, 6.45) is 0.938. The zero-order valence-electron chi connectivity index (χ0n) is 12.4. The Balaban J connectivity index is 2.01. The summed E-state index contributed by atoms with van der Waals surface area (Å²) in [4.78, 5) is 0. The van der Waals surface area contributed by atoms with Crippen molar-refractivity contribution in [1.29, 1.82) is 0 Å². The molecular formula is C17H19ClN2O. The van der Waals surface area contributed by atoms with E-state index in [9.17, 15) is 0 Å². The van der Waals surface area contributed by atoms with Crippen molar-refractivity contribution in [3.63, 3.8) is 0 Å². The highest BCUT2D eigenvalue weighted by molar-refractivity contribution is 6.19. The summed E-state index contributed by atoms with van der Waals surface area (Å²) in [5.41, 5.74) is 3.14. The van der Waals surface area contributed by atoms with Crippen LogP contribution in [0.15, 0.2) is 30.3 Å². The molecule has 1 heterocycles. The molecule has 0 saturated carbocycles. The van der Waals surface area contributed by atoms with E-state index in [0.717, 1.165) is 35.7 Å². The molecule has 110 valence electrons. The number of hydrogen-bond acceptors (Lipinski definition) is 2. The molecule has 0 atom stereocenters. The maximum absolute atomic E-state index is 5.82. The van der Waals surface area contributed by atoms with Crippen molar-refractivity contribution in [2.75, 3.05) is 5.88 Å². The standard InChI is InChI=1S/C17H19ClN2O/c1-3-15-12-16(20(4-2)19-15)13-21-17-9-7-14(8-10-17)6-5-11-18/h7-10,12H,3-4,11,13H2,1-2H3. The van der Waals surface area contributed by atoms with E-state index in [2.05, 4.69) is 36.9 Å². The van der Waals surface area contributed by atoms with E-state index in [0.29, 0.717) is 12.5 Å². The van der Waals surface area contributed by atoms with Crippen LogP contribution in [0.2, 0.25) is 0 Å². The van der Waals surface area contributed by atoms with Gasteiger partial charge in [-0.25, -0.2) is 0 Å². The summed E-state index contributed by atoms with van der Waals surface area (Å²) in [7, 11) is 0. The molecule has 1 aromatic heterocycles. The molecule has 0 aliphatic carbocycles. The molecule has 3 nitrogen and oxygen atoms in total. The molecule has 0 aliphatic rings. The molecule has 21 heavy (non-hydrogen) atoms. The first-order valence-corrected chi connectivity index (χ1v) is 7.63. The first kappa shape index (κ1) is 15.5. The maximum atomic E-state index is 5.82. The van der Waals surface area contributed by atoms with E-state index in [1.165, 1.54) is 0 Å². The van der Waals surface area contributed by atoms with Crippen molar-refractivity contribution in [3.8, 4) is 17.6 Å². The van der Waals surface area contributed by atoms with Crippen LogP contribution in [-0.4, -0.2) is 15.7 Å². The Bertz CT molecular complexity index is 635. The monoisotopic (exact) mass is 302 g/mol. The molecule has 0 amide bonds. The first-order chi connectivity index (χ1) is 10.3. The minimum Gasteiger partial charge on any atom is -0.487 e. The van der Waals surface area contributed by atoms with E-state index < -0.39 is 0 Å². The van der Waals surface area contributed by atoms with Crippen molar-refractivity contribution in [1.82, 2.24) is 9.78 Å². The molecule has 2 aromatic rings. The summed E-state index contributed by atoms with van der Waals surface area (Å²) in [5.74, 6) is 6.98. The molecule has 0 bridgehead atoms. The van der Waals surface area contributed by atoms with Gasteiger partial charge in [0.25, 0.3) is 0 Å². The Hall–Kier alpha value is -1.92. The molecular weight excluding hydrogens is 284 g/mol. The molecule has 2 rings (SSSR count). The molecule has 4 heteroatoms. The van der Waals surface area contributed by atoms with Gasteiger partial charge in [-0.3, -0.25) is 4.68 Å². The molecule has 0 spiro atoms. The Morgan fingerprint density at radius 3 is 2.62 bits per heavy atom. The normalized spacial score (nSPS) is 10.0. The molecule has 1 aromatic carbocycles. The van der Waals surface area contributed by atoms with Gasteiger partial charge >= 0.3 is 0 Å². The van der Waals surface area contributed by atoms with Crippen LogP contribution >= 0.6 is 11.6 Å². The summed E-state index contributed by atoms with van der Waals surface area (Å²) in [5, 5.41) is 4.51. The summed E-state index contributed by atoms with van der Waals surface area (Å²) >= 11 is 5.54. The lowest BCUT2D eigenvalue weighted by Gasteiger charge is -2.07. The number of ether oxygens (including phenoxy) is 1.